The maximum atomic E-state index is 12.4. The summed E-state index contributed by atoms with van der Waals surface area (Å²) in [6.45, 7) is 4.01. The molecule has 0 aliphatic carbocycles. The monoisotopic (exact) mass is 380 g/mol. The summed E-state index contributed by atoms with van der Waals surface area (Å²) in [6.07, 6.45) is 0. The Morgan fingerprint density at radius 1 is 1.11 bits per heavy atom. The third kappa shape index (κ3) is 4.46. The van der Waals surface area contributed by atoms with Crippen LogP contribution in [0.15, 0.2) is 53.6 Å². The van der Waals surface area contributed by atoms with E-state index in [2.05, 4.69) is 28.5 Å². The smallest absolute Gasteiger partial charge is 0.339 e. The first-order valence-corrected chi connectivity index (χ1v) is 9.44. The van der Waals surface area contributed by atoms with Gasteiger partial charge in [-0.3, -0.25) is 4.79 Å². The van der Waals surface area contributed by atoms with Crippen molar-refractivity contribution in [3.05, 3.63) is 65.2 Å². The van der Waals surface area contributed by atoms with Gasteiger partial charge in [0.15, 0.2) is 0 Å². The third-order valence-corrected chi connectivity index (χ3v) is 5.16. The first-order valence-electron chi connectivity index (χ1n) is 8.46. The predicted molar refractivity (Wildman–Crippen MR) is 108 cm³/mol. The Hall–Kier alpha value is -2.86. The number of nitrogens with one attached hydrogen (secondary N) is 1. The van der Waals surface area contributed by atoms with Crippen LogP contribution in [-0.4, -0.2) is 29.7 Å². The van der Waals surface area contributed by atoms with Gasteiger partial charge in [0.1, 0.15) is 5.03 Å². The lowest BCUT2D eigenvalue weighted by Crippen LogP contribution is -2.17. The highest BCUT2D eigenvalue weighted by Crippen LogP contribution is 2.25. The summed E-state index contributed by atoms with van der Waals surface area (Å²) in [5.41, 5.74) is 3.85. The van der Waals surface area contributed by atoms with E-state index in [4.69, 9.17) is 4.74 Å². The summed E-state index contributed by atoms with van der Waals surface area (Å²) < 4.78 is 4.75. The highest BCUT2D eigenvalue weighted by Gasteiger charge is 2.14. The van der Waals surface area contributed by atoms with Crippen LogP contribution in [0.3, 0.4) is 0 Å². The second-order valence-electron chi connectivity index (χ2n) is 6.18. The molecule has 0 bridgehead atoms. The number of aromatic nitrogens is 1. The maximum absolute atomic E-state index is 12.4. The summed E-state index contributed by atoms with van der Waals surface area (Å²) in [7, 11) is 1.31. The summed E-state index contributed by atoms with van der Waals surface area (Å²) in [5.74, 6) is -0.497. The third-order valence-electron chi connectivity index (χ3n) is 4.06. The summed E-state index contributed by atoms with van der Waals surface area (Å²) in [5, 5.41) is 4.68. The van der Waals surface area contributed by atoms with Crippen molar-refractivity contribution in [1.82, 2.24) is 4.98 Å². The van der Waals surface area contributed by atoms with Crippen LogP contribution < -0.4 is 5.32 Å². The van der Waals surface area contributed by atoms with Crippen LogP contribution in [0.5, 0.6) is 0 Å². The van der Waals surface area contributed by atoms with E-state index in [0.717, 1.165) is 27.1 Å². The molecule has 0 aliphatic heterocycles. The Balaban J connectivity index is 1.72. The molecule has 6 heteroatoms. The number of benzene rings is 2. The number of carbonyl (C=O) groups is 2. The zero-order valence-corrected chi connectivity index (χ0v) is 16.2. The number of pyridine rings is 1. The van der Waals surface area contributed by atoms with Crippen LogP contribution in [-0.2, 0) is 9.53 Å². The van der Waals surface area contributed by atoms with Gasteiger partial charge >= 0.3 is 5.97 Å². The van der Waals surface area contributed by atoms with Crippen LogP contribution in [0.2, 0.25) is 0 Å². The van der Waals surface area contributed by atoms with Crippen molar-refractivity contribution in [3.63, 3.8) is 0 Å². The molecule has 3 aromatic rings. The molecule has 1 amide bonds. The van der Waals surface area contributed by atoms with Crippen molar-refractivity contribution in [3.8, 4) is 0 Å². The van der Waals surface area contributed by atoms with Gasteiger partial charge in [0.05, 0.1) is 29.6 Å². The first kappa shape index (κ1) is 18.9. The van der Waals surface area contributed by atoms with Crippen LogP contribution in [0.1, 0.15) is 21.5 Å². The van der Waals surface area contributed by atoms with Gasteiger partial charge < -0.3 is 10.1 Å². The van der Waals surface area contributed by atoms with Crippen LogP contribution in [0.4, 0.5) is 5.69 Å². The number of methoxy groups -OCH3 is 1. The van der Waals surface area contributed by atoms with Gasteiger partial charge in [-0.15, -0.1) is 0 Å². The van der Waals surface area contributed by atoms with Crippen LogP contribution in [0, 0.1) is 13.8 Å². The molecule has 0 unspecified atom stereocenters. The zero-order valence-electron chi connectivity index (χ0n) is 15.4. The molecule has 0 fully saturated rings. The summed E-state index contributed by atoms with van der Waals surface area (Å²) in [4.78, 5) is 28.9. The van der Waals surface area contributed by atoms with E-state index in [1.807, 2.05) is 19.9 Å². The Bertz CT molecular complexity index is 1020. The lowest BCUT2D eigenvalue weighted by atomic mass is 10.1. The molecule has 0 atom stereocenters. The average Bonchev–Trinajstić information content (AvgIpc) is 2.66. The number of ether oxygens (including phenoxy) is 1. The number of amides is 1. The molecule has 1 aromatic heterocycles. The number of rotatable bonds is 5. The highest BCUT2D eigenvalue weighted by atomic mass is 32.2. The quantitative estimate of drug-likeness (QED) is 0.526. The number of thioether (sulfide) groups is 1. The maximum Gasteiger partial charge on any atom is 0.339 e. The van der Waals surface area contributed by atoms with Crippen molar-refractivity contribution >= 4 is 40.2 Å². The molecule has 0 saturated heterocycles. The van der Waals surface area contributed by atoms with E-state index in [1.54, 1.807) is 24.3 Å². The van der Waals surface area contributed by atoms with Gasteiger partial charge in [0.25, 0.3) is 0 Å². The number of hydrogen-bond donors (Lipinski definition) is 1. The second kappa shape index (κ2) is 8.22. The minimum Gasteiger partial charge on any atom is -0.465 e. The van der Waals surface area contributed by atoms with E-state index < -0.39 is 5.97 Å². The fraction of sp³-hybridized carbons (Fsp3) is 0.190. The van der Waals surface area contributed by atoms with Crippen LogP contribution >= 0.6 is 11.8 Å². The Morgan fingerprint density at radius 2 is 1.89 bits per heavy atom. The fourth-order valence-electron chi connectivity index (χ4n) is 2.71. The molecule has 0 radical (unpaired) electrons. The molecule has 1 heterocycles. The number of nitrogens with zero attached hydrogens (tertiary/aromatic N) is 1. The molecule has 5 nitrogen and oxygen atoms in total. The molecular formula is C21H20N2O3S. The van der Waals surface area contributed by atoms with Crippen molar-refractivity contribution in [2.75, 3.05) is 18.2 Å². The number of anilines is 1. The van der Waals surface area contributed by atoms with Gasteiger partial charge in [-0.05, 0) is 49.2 Å². The standard InChI is InChI=1S/C21H20N2O3S/c1-13-8-9-15-11-14(2)20(23-18(15)10-13)27-12-19(24)22-17-7-5-4-6-16(17)21(25)26-3/h4-11H,12H2,1-3H3,(H,22,24). The largest absolute Gasteiger partial charge is 0.465 e. The Morgan fingerprint density at radius 3 is 2.67 bits per heavy atom. The molecule has 0 spiro atoms. The van der Waals surface area contributed by atoms with E-state index in [0.29, 0.717) is 11.3 Å². The van der Waals surface area contributed by atoms with Crippen LogP contribution in [0.25, 0.3) is 10.9 Å². The summed E-state index contributed by atoms with van der Waals surface area (Å²) in [6, 6.07) is 15.0. The van der Waals surface area contributed by atoms with Gasteiger partial charge in [-0.1, -0.05) is 36.0 Å². The molecule has 0 saturated carbocycles. The fourth-order valence-corrected chi connectivity index (χ4v) is 3.50. The van der Waals surface area contributed by atoms with Crippen molar-refractivity contribution < 1.29 is 14.3 Å². The van der Waals surface area contributed by atoms with Gasteiger partial charge in [0, 0.05) is 5.39 Å². The van der Waals surface area contributed by atoms with Crippen molar-refractivity contribution in [1.29, 1.82) is 0 Å². The topological polar surface area (TPSA) is 68.3 Å². The summed E-state index contributed by atoms with van der Waals surface area (Å²) >= 11 is 1.38. The molecular weight excluding hydrogens is 360 g/mol. The second-order valence-corrected chi connectivity index (χ2v) is 7.14. The molecule has 1 N–H and O–H groups in total. The SMILES string of the molecule is COC(=O)c1ccccc1NC(=O)CSc1nc2cc(C)ccc2cc1C. The number of carbonyl (C=O) groups excluding carboxylic acids is 2. The lowest BCUT2D eigenvalue weighted by Gasteiger charge is -2.10. The lowest BCUT2D eigenvalue weighted by molar-refractivity contribution is -0.113. The van der Waals surface area contributed by atoms with Crippen molar-refractivity contribution in [2.24, 2.45) is 0 Å². The number of fused-ring (bicyclic) bond motifs is 1. The Kier molecular flexibility index (Phi) is 5.76. The average molecular weight is 380 g/mol. The predicted octanol–water partition coefficient (Wildman–Crippen LogP) is 4.37. The minimum absolute atomic E-state index is 0.195. The molecule has 0 aliphatic rings. The van der Waals surface area contributed by atoms with E-state index in [9.17, 15) is 9.59 Å². The van der Waals surface area contributed by atoms with E-state index >= 15 is 0 Å². The molecule has 27 heavy (non-hydrogen) atoms. The van der Waals surface area contributed by atoms with Gasteiger partial charge in [0.2, 0.25) is 5.91 Å². The van der Waals surface area contributed by atoms with Gasteiger partial charge in [-0.25, -0.2) is 9.78 Å². The Labute approximate surface area is 162 Å². The number of esters is 1. The first-order chi connectivity index (χ1) is 13.0. The number of para-hydroxylation sites is 1. The minimum atomic E-state index is -0.485. The highest BCUT2D eigenvalue weighted by molar-refractivity contribution is 8.00. The van der Waals surface area contributed by atoms with Gasteiger partial charge in [-0.2, -0.15) is 0 Å². The molecule has 2 aromatic carbocycles. The zero-order chi connectivity index (χ0) is 19.4. The van der Waals surface area contributed by atoms with E-state index in [-0.39, 0.29) is 11.7 Å². The number of hydrogen-bond acceptors (Lipinski definition) is 5. The molecule has 138 valence electrons. The van der Waals surface area contributed by atoms with Crippen molar-refractivity contribution in [2.45, 2.75) is 18.9 Å². The normalized spacial score (nSPS) is 10.6. The number of aryl methyl sites for hydroxylation is 2. The molecule has 3 rings (SSSR count). The van der Waals surface area contributed by atoms with E-state index in [1.165, 1.54) is 18.9 Å².